The number of rotatable bonds is 10. The number of halogens is 1. The quantitative estimate of drug-likeness (QED) is 0.174. The largest absolute Gasteiger partial charge is 0.490 e. The molecule has 3 aromatic rings. The van der Waals surface area contributed by atoms with Crippen LogP contribution >= 0.6 is 0 Å². The number of anilines is 2. The van der Waals surface area contributed by atoms with Crippen molar-refractivity contribution < 1.29 is 28.2 Å². The molecule has 0 fully saturated rings. The van der Waals surface area contributed by atoms with E-state index in [2.05, 4.69) is 27.7 Å². The zero-order chi connectivity index (χ0) is 25.8. The first-order chi connectivity index (χ1) is 17.4. The third-order valence-electron chi connectivity index (χ3n) is 4.46. The molecule has 3 aromatic carbocycles. The number of ether oxygens (including phenoxy) is 2. The molecule has 0 aliphatic rings. The van der Waals surface area contributed by atoms with Gasteiger partial charge in [-0.2, -0.15) is 5.10 Å². The summed E-state index contributed by atoms with van der Waals surface area (Å²) in [6.45, 7) is 3.60. The summed E-state index contributed by atoms with van der Waals surface area (Å²) in [6, 6.07) is 18.5. The summed E-state index contributed by atoms with van der Waals surface area (Å²) in [4.78, 5) is 36.3. The van der Waals surface area contributed by atoms with Crippen molar-refractivity contribution in [1.82, 2.24) is 5.43 Å². The molecule has 0 saturated heterocycles. The van der Waals surface area contributed by atoms with Crippen molar-refractivity contribution >= 4 is 35.3 Å². The van der Waals surface area contributed by atoms with Crippen LogP contribution in [0.2, 0.25) is 0 Å². The molecule has 0 radical (unpaired) electrons. The van der Waals surface area contributed by atoms with Crippen LogP contribution in [0.4, 0.5) is 15.8 Å². The number of nitrogens with zero attached hydrogens (tertiary/aromatic N) is 1. The van der Waals surface area contributed by atoms with Crippen molar-refractivity contribution in [2.45, 2.75) is 0 Å². The Kier molecular flexibility index (Phi) is 9.28. The number of benzene rings is 3. The fourth-order valence-corrected chi connectivity index (χ4v) is 2.78. The second-order valence-corrected chi connectivity index (χ2v) is 7.16. The molecule has 0 atom stereocenters. The van der Waals surface area contributed by atoms with Crippen LogP contribution in [0.1, 0.15) is 5.56 Å². The molecule has 10 heteroatoms. The first-order valence-electron chi connectivity index (χ1n) is 10.7. The predicted molar refractivity (Wildman–Crippen MR) is 133 cm³/mol. The first-order valence-corrected chi connectivity index (χ1v) is 10.7. The van der Waals surface area contributed by atoms with Crippen LogP contribution in [0.25, 0.3) is 0 Å². The van der Waals surface area contributed by atoms with Crippen LogP contribution in [-0.4, -0.2) is 37.1 Å². The Bertz CT molecular complexity index is 1240. The van der Waals surface area contributed by atoms with E-state index in [1.165, 1.54) is 30.5 Å². The Hall–Kier alpha value is -4.99. The number of hydrazone groups is 1. The van der Waals surface area contributed by atoms with Crippen LogP contribution in [-0.2, 0) is 14.4 Å². The minimum Gasteiger partial charge on any atom is -0.490 e. The number of para-hydroxylation sites is 1. The molecule has 0 unspecified atom stereocenters. The van der Waals surface area contributed by atoms with Crippen molar-refractivity contribution in [2.24, 2.45) is 5.10 Å². The minimum absolute atomic E-state index is 0.311. The Morgan fingerprint density at radius 1 is 0.861 bits per heavy atom. The summed E-state index contributed by atoms with van der Waals surface area (Å²) in [7, 11) is 0. The number of hydrogen-bond donors (Lipinski definition) is 3. The minimum atomic E-state index is -0.977. The van der Waals surface area contributed by atoms with Gasteiger partial charge in [-0.1, -0.05) is 24.8 Å². The van der Waals surface area contributed by atoms with E-state index >= 15 is 0 Å². The molecule has 0 spiro atoms. The van der Waals surface area contributed by atoms with Gasteiger partial charge in [-0.3, -0.25) is 14.4 Å². The highest BCUT2D eigenvalue weighted by Crippen LogP contribution is 2.17. The molecular weight excluding hydrogens is 467 g/mol. The van der Waals surface area contributed by atoms with Gasteiger partial charge in [0.15, 0.2) is 6.61 Å². The Labute approximate surface area is 206 Å². The maximum Gasteiger partial charge on any atom is 0.329 e. The summed E-state index contributed by atoms with van der Waals surface area (Å²) in [5.74, 6) is -1.82. The van der Waals surface area contributed by atoms with Gasteiger partial charge in [-0.05, 0) is 60.7 Å². The first kappa shape index (κ1) is 25.6. The normalized spacial score (nSPS) is 10.4. The molecule has 0 aliphatic carbocycles. The molecule has 3 N–H and O–H groups in total. The molecule has 0 bridgehead atoms. The molecule has 0 aliphatic heterocycles. The molecule has 9 nitrogen and oxygen atoms in total. The Morgan fingerprint density at radius 3 is 2.25 bits per heavy atom. The highest BCUT2D eigenvalue weighted by atomic mass is 19.1. The second-order valence-electron chi connectivity index (χ2n) is 7.16. The number of amides is 3. The highest BCUT2D eigenvalue weighted by Gasteiger charge is 2.13. The zero-order valence-corrected chi connectivity index (χ0v) is 19.1. The fourth-order valence-electron chi connectivity index (χ4n) is 2.78. The smallest absolute Gasteiger partial charge is 0.329 e. The van der Waals surface area contributed by atoms with Gasteiger partial charge in [0.05, 0.1) is 6.21 Å². The standard InChI is InChI=1S/C26H23FN4O5/c1-2-15-35-22-13-11-21(12-14-22)30-25(33)26(34)31-28-16-18-5-3-4-6-23(18)36-17-24(32)29-20-9-7-19(27)8-10-20/h2-14,16H,1,15,17H2,(H,29,32)(H,30,33)(H,31,34)/b28-16-. The van der Waals surface area contributed by atoms with E-state index in [9.17, 15) is 18.8 Å². The van der Waals surface area contributed by atoms with Gasteiger partial charge in [0.25, 0.3) is 5.91 Å². The number of hydrogen-bond acceptors (Lipinski definition) is 6. The maximum absolute atomic E-state index is 13.0. The van der Waals surface area contributed by atoms with Crippen molar-refractivity contribution in [2.75, 3.05) is 23.8 Å². The summed E-state index contributed by atoms with van der Waals surface area (Å²) in [5, 5.41) is 8.82. The third-order valence-corrected chi connectivity index (χ3v) is 4.46. The predicted octanol–water partition coefficient (Wildman–Crippen LogP) is 3.50. The lowest BCUT2D eigenvalue weighted by molar-refractivity contribution is -0.136. The van der Waals surface area contributed by atoms with Crippen LogP contribution in [0.15, 0.2) is 90.6 Å². The SMILES string of the molecule is C=CCOc1ccc(NC(=O)C(=O)N/N=C\c2ccccc2OCC(=O)Nc2ccc(F)cc2)cc1. The summed E-state index contributed by atoms with van der Waals surface area (Å²) < 4.78 is 23.9. The molecule has 0 aromatic heterocycles. The van der Waals surface area contributed by atoms with E-state index in [-0.39, 0.29) is 6.61 Å². The van der Waals surface area contributed by atoms with Gasteiger partial charge in [0.1, 0.15) is 23.9 Å². The van der Waals surface area contributed by atoms with E-state index < -0.39 is 23.5 Å². The summed E-state index contributed by atoms with van der Waals surface area (Å²) >= 11 is 0. The van der Waals surface area contributed by atoms with Crippen molar-refractivity contribution in [3.8, 4) is 11.5 Å². The zero-order valence-electron chi connectivity index (χ0n) is 19.1. The van der Waals surface area contributed by atoms with Crippen LogP contribution in [0.3, 0.4) is 0 Å². The van der Waals surface area contributed by atoms with Gasteiger partial charge in [-0.25, -0.2) is 9.82 Å². The van der Waals surface area contributed by atoms with Crippen molar-refractivity contribution in [3.05, 3.63) is 96.8 Å². The van der Waals surface area contributed by atoms with Crippen LogP contribution < -0.4 is 25.5 Å². The molecule has 184 valence electrons. The Morgan fingerprint density at radius 2 is 1.53 bits per heavy atom. The van der Waals surface area contributed by atoms with Gasteiger partial charge in [0.2, 0.25) is 0 Å². The number of carbonyl (C=O) groups excluding carboxylic acids is 3. The topological polar surface area (TPSA) is 118 Å². The van der Waals surface area contributed by atoms with Crippen molar-refractivity contribution in [1.29, 1.82) is 0 Å². The second kappa shape index (κ2) is 13.0. The van der Waals surface area contributed by atoms with Gasteiger partial charge < -0.3 is 20.1 Å². The third kappa shape index (κ3) is 8.10. The molecule has 3 rings (SSSR count). The lowest BCUT2D eigenvalue weighted by atomic mass is 10.2. The van der Waals surface area contributed by atoms with Crippen molar-refractivity contribution in [3.63, 3.8) is 0 Å². The number of carbonyl (C=O) groups is 3. The summed E-state index contributed by atoms with van der Waals surface area (Å²) in [6.07, 6.45) is 2.89. The molecule has 0 saturated carbocycles. The Balaban J connectivity index is 1.49. The molecule has 36 heavy (non-hydrogen) atoms. The molecular formula is C26H23FN4O5. The molecule has 0 heterocycles. The summed E-state index contributed by atoms with van der Waals surface area (Å²) in [5.41, 5.74) is 3.43. The van der Waals surface area contributed by atoms with E-state index in [0.717, 1.165) is 0 Å². The van der Waals surface area contributed by atoms with Crippen LogP contribution in [0.5, 0.6) is 11.5 Å². The average molecular weight is 490 g/mol. The van der Waals surface area contributed by atoms with E-state index in [4.69, 9.17) is 9.47 Å². The maximum atomic E-state index is 13.0. The lowest BCUT2D eigenvalue weighted by Gasteiger charge is -2.09. The van der Waals surface area contributed by atoms with E-state index in [0.29, 0.717) is 35.0 Å². The fraction of sp³-hybridized carbons (Fsp3) is 0.0769. The highest BCUT2D eigenvalue weighted by molar-refractivity contribution is 6.39. The number of nitrogens with one attached hydrogen (secondary N) is 3. The monoisotopic (exact) mass is 490 g/mol. The lowest BCUT2D eigenvalue weighted by Crippen LogP contribution is -2.32. The van der Waals surface area contributed by atoms with Crippen LogP contribution in [0, 0.1) is 5.82 Å². The van der Waals surface area contributed by atoms with Gasteiger partial charge >= 0.3 is 11.8 Å². The average Bonchev–Trinajstić information content (AvgIpc) is 2.89. The van der Waals surface area contributed by atoms with Gasteiger partial charge in [-0.15, -0.1) is 0 Å². The van der Waals surface area contributed by atoms with E-state index in [1.54, 1.807) is 54.6 Å². The van der Waals surface area contributed by atoms with E-state index in [1.807, 2.05) is 0 Å². The molecule has 3 amide bonds. The van der Waals surface area contributed by atoms with Gasteiger partial charge in [0, 0.05) is 16.9 Å².